The second kappa shape index (κ2) is 4.99. The minimum Gasteiger partial charge on any atom is -0.382 e. The van der Waals surface area contributed by atoms with Gasteiger partial charge in [0.1, 0.15) is 0 Å². The topological polar surface area (TPSA) is 21.3 Å². The molecule has 1 aromatic carbocycles. The Hall–Kier alpha value is -0.540. The van der Waals surface area contributed by atoms with Gasteiger partial charge in [0.05, 0.1) is 11.7 Å². The first-order chi connectivity index (χ1) is 7.98. The van der Waals surface area contributed by atoms with Crippen molar-refractivity contribution in [1.29, 1.82) is 0 Å². The molecular weight excluding hydrogens is 278 g/mol. The molecule has 0 amide bonds. The first kappa shape index (κ1) is 12.9. The average Bonchev–Trinajstić information content (AvgIpc) is 2.61. The molecule has 94 valence electrons. The lowest BCUT2D eigenvalue weighted by Crippen LogP contribution is -2.25. The number of anilines is 1. The fourth-order valence-electron chi connectivity index (χ4n) is 2.24. The van der Waals surface area contributed by atoms with Gasteiger partial charge in [-0.25, -0.2) is 0 Å². The van der Waals surface area contributed by atoms with E-state index in [1.54, 1.807) is 0 Å². The van der Waals surface area contributed by atoms with Crippen LogP contribution in [-0.2, 0) is 4.74 Å². The third-order valence-corrected chi connectivity index (χ3v) is 4.20. The van der Waals surface area contributed by atoms with E-state index in [1.807, 2.05) is 0 Å². The highest BCUT2D eigenvalue weighted by atomic mass is 79.9. The van der Waals surface area contributed by atoms with Crippen molar-refractivity contribution in [1.82, 2.24) is 0 Å². The molecule has 0 radical (unpaired) electrons. The summed E-state index contributed by atoms with van der Waals surface area (Å²) in [7, 11) is 0. The van der Waals surface area contributed by atoms with Crippen LogP contribution < -0.4 is 5.32 Å². The van der Waals surface area contributed by atoms with E-state index >= 15 is 0 Å². The summed E-state index contributed by atoms with van der Waals surface area (Å²) < 4.78 is 7.11. The number of rotatable bonds is 3. The van der Waals surface area contributed by atoms with Gasteiger partial charge in [-0.15, -0.1) is 0 Å². The Kier molecular flexibility index (Phi) is 3.79. The van der Waals surface area contributed by atoms with Gasteiger partial charge in [0.15, 0.2) is 0 Å². The average molecular weight is 298 g/mol. The van der Waals surface area contributed by atoms with Crippen molar-refractivity contribution in [2.24, 2.45) is 0 Å². The van der Waals surface area contributed by atoms with Gasteiger partial charge >= 0.3 is 0 Å². The molecule has 2 rings (SSSR count). The van der Waals surface area contributed by atoms with Crippen LogP contribution in [0.5, 0.6) is 0 Å². The standard InChI is InChI=1S/C14H20BrNO/c1-10-12(15)5-4-6-13(10)16-9-11-7-8-14(2,3)17-11/h4-6,11,16H,7-9H2,1-3H3. The third kappa shape index (κ3) is 3.23. The van der Waals surface area contributed by atoms with Crippen molar-refractivity contribution in [3.05, 3.63) is 28.2 Å². The Morgan fingerprint density at radius 1 is 1.47 bits per heavy atom. The number of hydrogen-bond acceptors (Lipinski definition) is 2. The summed E-state index contributed by atoms with van der Waals surface area (Å²) in [5.74, 6) is 0. The van der Waals surface area contributed by atoms with E-state index in [-0.39, 0.29) is 5.60 Å². The van der Waals surface area contributed by atoms with Crippen LogP contribution in [0.25, 0.3) is 0 Å². The van der Waals surface area contributed by atoms with Crippen molar-refractivity contribution in [3.8, 4) is 0 Å². The van der Waals surface area contributed by atoms with E-state index in [1.165, 1.54) is 11.3 Å². The Bertz CT molecular complexity index is 403. The van der Waals surface area contributed by atoms with Crippen molar-refractivity contribution in [2.45, 2.75) is 45.3 Å². The van der Waals surface area contributed by atoms with Gasteiger partial charge in [0.25, 0.3) is 0 Å². The highest BCUT2D eigenvalue weighted by molar-refractivity contribution is 9.10. The maximum atomic E-state index is 5.97. The van der Waals surface area contributed by atoms with E-state index in [0.29, 0.717) is 6.10 Å². The van der Waals surface area contributed by atoms with Crippen LogP contribution in [0.4, 0.5) is 5.69 Å². The predicted octanol–water partition coefficient (Wildman–Crippen LogP) is 4.13. The van der Waals surface area contributed by atoms with Crippen molar-refractivity contribution >= 4 is 21.6 Å². The fraction of sp³-hybridized carbons (Fsp3) is 0.571. The zero-order chi connectivity index (χ0) is 12.5. The van der Waals surface area contributed by atoms with Crippen molar-refractivity contribution < 1.29 is 4.74 Å². The molecule has 0 aromatic heterocycles. The normalized spacial score (nSPS) is 22.7. The summed E-state index contributed by atoms with van der Waals surface area (Å²) in [5.41, 5.74) is 2.50. The molecule has 0 bridgehead atoms. The Balaban J connectivity index is 1.93. The summed E-state index contributed by atoms with van der Waals surface area (Å²) in [6.45, 7) is 7.33. The molecule has 1 aromatic rings. The zero-order valence-corrected chi connectivity index (χ0v) is 12.3. The van der Waals surface area contributed by atoms with Crippen molar-refractivity contribution in [3.63, 3.8) is 0 Å². The van der Waals surface area contributed by atoms with Gasteiger partial charge in [-0.1, -0.05) is 22.0 Å². The molecule has 0 saturated carbocycles. The Labute approximate surface area is 112 Å². The highest BCUT2D eigenvalue weighted by Crippen LogP contribution is 2.30. The summed E-state index contributed by atoms with van der Waals surface area (Å²) >= 11 is 3.55. The van der Waals surface area contributed by atoms with E-state index in [4.69, 9.17) is 4.74 Å². The molecule has 1 heterocycles. The summed E-state index contributed by atoms with van der Waals surface area (Å²) in [4.78, 5) is 0. The van der Waals surface area contributed by atoms with E-state index in [2.05, 4.69) is 60.2 Å². The lowest BCUT2D eigenvalue weighted by molar-refractivity contribution is -0.00911. The number of hydrogen-bond donors (Lipinski definition) is 1. The maximum Gasteiger partial charge on any atom is 0.0755 e. The van der Waals surface area contributed by atoms with Gasteiger partial charge < -0.3 is 10.1 Å². The quantitative estimate of drug-likeness (QED) is 0.906. The van der Waals surface area contributed by atoms with Gasteiger partial charge in [0.2, 0.25) is 0 Å². The van der Waals surface area contributed by atoms with Crippen LogP contribution in [-0.4, -0.2) is 18.2 Å². The number of nitrogens with one attached hydrogen (secondary N) is 1. The van der Waals surface area contributed by atoms with E-state index < -0.39 is 0 Å². The van der Waals surface area contributed by atoms with Gasteiger partial charge in [-0.3, -0.25) is 0 Å². The van der Waals surface area contributed by atoms with Crippen LogP contribution in [0, 0.1) is 6.92 Å². The second-order valence-electron chi connectivity index (χ2n) is 5.33. The van der Waals surface area contributed by atoms with Crippen LogP contribution in [0.2, 0.25) is 0 Å². The first-order valence-electron chi connectivity index (χ1n) is 6.15. The SMILES string of the molecule is Cc1c(Br)cccc1NCC1CCC(C)(C)O1. The molecule has 1 atom stereocenters. The van der Waals surface area contributed by atoms with Crippen molar-refractivity contribution in [2.75, 3.05) is 11.9 Å². The largest absolute Gasteiger partial charge is 0.382 e. The van der Waals surface area contributed by atoms with Crippen LogP contribution >= 0.6 is 15.9 Å². The smallest absolute Gasteiger partial charge is 0.0755 e. The minimum atomic E-state index is 0.0542. The molecule has 1 fully saturated rings. The predicted molar refractivity (Wildman–Crippen MR) is 75.6 cm³/mol. The zero-order valence-electron chi connectivity index (χ0n) is 10.7. The molecule has 1 aliphatic rings. The number of halogens is 1. The molecule has 17 heavy (non-hydrogen) atoms. The molecule has 0 spiro atoms. The van der Waals surface area contributed by atoms with Gasteiger partial charge in [-0.05, 0) is 51.3 Å². The molecule has 1 aliphatic heterocycles. The van der Waals surface area contributed by atoms with E-state index in [0.717, 1.165) is 23.9 Å². The third-order valence-electron chi connectivity index (χ3n) is 3.34. The first-order valence-corrected chi connectivity index (χ1v) is 6.94. The van der Waals surface area contributed by atoms with Crippen LogP contribution in [0.3, 0.4) is 0 Å². The molecular formula is C14H20BrNO. The minimum absolute atomic E-state index is 0.0542. The lowest BCUT2D eigenvalue weighted by atomic mass is 10.1. The van der Waals surface area contributed by atoms with Gasteiger partial charge in [0, 0.05) is 16.7 Å². The van der Waals surface area contributed by atoms with Crippen LogP contribution in [0.15, 0.2) is 22.7 Å². The molecule has 3 heteroatoms. The molecule has 1 saturated heterocycles. The van der Waals surface area contributed by atoms with Gasteiger partial charge in [-0.2, -0.15) is 0 Å². The lowest BCUT2D eigenvalue weighted by Gasteiger charge is -2.20. The molecule has 1 N–H and O–H groups in total. The number of benzene rings is 1. The highest BCUT2D eigenvalue weighted by Gasteiger charge is 2.31. The Morgan fingerprint density at radius 2 is 2.24 bits per heavy atom. The molecule has 2 nitrogen and oxygen atoms in total. The monoisotopic (exact) mass is 297 g/mol. The summed E-state index contributed by atoms with van der Waals surface area (Å²) in [6.07, 6.45) is 2.63. The maximum absolute atomic E-state index is 5.97. The summed E-state index contributed by atoms with van der Waals surface area (Å²) in [5, 5.41) is 3.48. The van der Waals surface area contributed by atoms with E-state index in [9.17, 15) is 0 Å². The molecule has 0 aliphatic carbocycles. The second-order valence-corrected chi connectivity index (χ2v) is 6.19. The number of ether oxygens (including phenoxy) is 1. The molecule has 1 unspecified atom stereocenters. The fourth-order valence-corrected chi connectivity index (χ4v) is 2.61. The van der Waals surface area contributed by atoms with Crippen LogP contribution in [0.1, 0.15) is 32.3 Å². The summed E-state index contributed by atoms with van der Waals surface area (Å²) in [6, 6.07) is 6.23. The Morgan fingerprint density at radius 3 is 2.88 bits per heavy atom.